The Labute approximate surface area is 103 Å². The van der Waals surface area contributed by atoms with Gasteiger partial charge in [-0.2, -0.15) is 0 Å². The van der Waals surface area contributed by atoms with Crippen LogP contribution < -0.4 is 0 Å². The molecule has 0 fully saturated rings. The van der Waals surface area contributed by atoms with Crippen molar-refractivity contribution in [2.24, 2.45) is 7.05 Å². The van der Waals surface area contributed by atoms with Gasteiger partial charge in [0.15, 0.2) is 5.15 Å². The van der Waals surface area contributed by atoms with Crippen molar-refractivity contribution >= 4 is 22.6 Å². The third kappa shape index (κ3) is 1.61. The highest BCUT2D eigenvalue weighted by Crippen LogP contribution is 2.27. The Morgan fingerprint density at radius 1 is 1.35 bits per heavy atom. The minimum atomic E-state index is 0.498. The van der Waals surface area contributed by atoms with E-state index in [1.165, 1.54) is 0 Å². The fourth-order valence-corrected chi connectivity index (χ4v) is 2.23. The highest BCUT2D eigenvalue weighted by molar-refractivity contribution is 6.32. The lowest BCUT2D eigenvalue weighted by molar-refractivity contribution is 0.948. The summed E-state index contributed by atoms with van der Waals surface area (Å²) in [6.45, 7) is 1.88. The molecule has 0 aliphatic carbocycles. The molecule has 1 N–H and O–H groups in total. The Balaban J connectivity index is 2.21. The summed E-state index contributed by atoms with van der Waals surface area (Å²) in [5.74, 6) is 0.811. The van der Waals surface area contributed by atoms with Crippen molar-refractivity contribution in [2.75, 3.05) is 0 Å². The zero-order chi connectivity index (χ0) is 12.0. The van der Waals surface area contributed by atoms with Crippen LogP contribution in [-0.4, -0.2) is 19.5 Å². The van der Waals surface area contributed by atoms with Gasteiger partial charge in [0, 0.05) is 12.6 Å². The molecule has 2 aromatic heterocycles. The van der Waals surface area contributed by atoms with Gasteiger partial charge < -0.3 is 9.55 Å². The van der Waals surface area contributed by atoms with E-state index >= 15 is 0 Å². The van der Waals surface area contributed by atoms with Crippen LogP contribution >= 0.6 is 11.6 Å². The number of fused-ring (bicyclic) bond motifs is 1. The van der Waals surface area contributed by atoms with Crippen LogP contribution in [0.25, 0.3) is 22.3 Å². The molecule has 2 heterocycles. The van der Waals surface area contributed by atoms with E-state index in [1.807, 2.05) is 36.7 Å². The number of hydrogen-bond donors (Lipinski definition) is 1. The third-order valence-electron chi connectivity index (χ3n) is 2.79. The average molecular weight is 247 g/mol. The van der Waals surface area contributed by atoms with E-state index in [0.29, 0.717) is 5.15 Å². The quantitative estimate of drug-likeness (QED) is 0.718. The monoisotopic (exact) mass is 246 g/mol. The van der Waals surface area contributed by atoms with Gasteiger partial charge in [0.1, 0.15) is 5.82 Å². The number of nitrogens with zero attached hydrogens (tertiary/aromatic N) is 3. The van der Waals surface area contributed by atoms with E-state index in [4.69, 9.17) is 11.6 Å². The minimum Gasteiger partial charge on any atom is -0.341 e. The number of rotatable bonds is 1. The molecule has 0 saturated heterocycles. The van der Waals surface area contributed by atoms with Crippen LogP contribution in [0.3, 0.4) is 0 Å². The van der Waals surface area contributed by atoms with Crippen LogP contribution in [0.2, 0.25) is 5.15 Å². The Bertz CT molecular complexity index is 696. The second-order valence-electron chi connectivity index (χ2n) is 4.05. The first-order valence-corrected chi connectivity index (χ1v) is 5.66. The average Bonchev–Trinajstić information content (AvgIpc) is 2.82. The molecule has 17 heavy (non-hydrogen) atoms. The molecule has 0 spiro atoms. The van der Waals surface area contributed by atoms with E-state index in [-0.39, 0.29) is 0 Å². The molecule has 0 aliphatic heterocycles. The van der Waals surface area contributed by atoms with Crippen LogP contribution in [0.5, 0.6) is 0 Å². The summed E-state index contributed by atoms with van der Waals surface area (Å²) in [6, 6.07) is 6.06. The zero-order valence-corrected chi connectivity index (χ0v) is 10.3. The van der Waals surface area contributed by atoms with Crippen molar-refractivity contribution in [3.8, 4) is 11.3 Å². The summed E-state index contributed by atoms with van der Waals surface area (Å²) < 4.78 is 1.99. The van der Waals surface area contributed by atoms with Gasteiger partial charge in [0.25, 0.3) is 0 Å². The molecular weight excluding hydrogens is 236 g/mol. The van der Waals surface area contributed by atoms with Crippen molar-refractivity contribution < 1.29 is 0 Å². The van der Waals surface area contributed by atoms with Crippen molar-refractivity contribution in [3.05, 3.63) is 35.5 Å². The molecule has 0 unspecified atom stereocenters. The molecule has 0 atom stereocenters. The summed E-state index contributed by atoms with van der Waals surface area (Å²) in [4.78, 5) is 11.6. The Hall–Kier alpha value is -1.81. The van der Waals surface area contributed by atoms with E-state index in [0.717, 1.165) is 28.1 Å². The van der Waals surface area contributed by atoms with Crippen LogP contribution in [0.4, 0.5) is 0 Å². The number of aromatic amines is 1. The Kier molecular flexibility index (Phi) is 2.19. The van der Waals surface area contributed by atoms with Gasteiger partial charge in [-0.3, -0.25) is 0 Å². The number of H-pyrrole nitrogens is 1. The molecule has 4 nitrogen and oxygen atoms in total. The molecular formula is C12H11ClN4. The normalized spacial score (nSPS) is 11.2. The van der Waals surface area contributed by atoms with Gasteiger partial charge in [0.05, 0.1) is 23.1 Å². The first-order chi connectivity index (χ1) is 8.15. The van der Waals surface area contributed by atoms with Crippen molar-refractivity contribution in [2.45, 2.75) is 6.92 Å². The fraction of sp³-hybridized carbons (Fsp3) is 0.167. The van der Waals surface area contributed by atoms with Crippen LogP contribution in [0, 0.1) is 6.92 Å². The van der Waals surface area contributed by atoms with E-state index in [9.17, 15) is 0 Å². The van der Waals surface area contributed by atoms with E-state index in [1.54, 1.807) is 6.33 Å². The van der Waals surface area contributed by atoms with Crippen LogP contribution in [0.15, 0.2) is 24.5 Å². The lowest BCUT2D eigenvalue weighted by Gasteiger charge is -1.99. The highest BCUT2D eigenvalue weighted by atomic mass is 35.5. The molecule has 3 rings (SSSR count). The van der Waals surface area contributed by atoms with Gasteiger partial charge >= 0.3 is 0 Å². The highest BCUT2D eigenvalue weighted by Gasteiger charge is 2.09. The second kappa shape index (κ2) is 3.60. The third-order valence-corrected chi connectivity index (χ3v) is 3.07. The van der Waals surface area contributed by atoms with Crippen molar-refractivity contribution in [1.82, 2.24) is 19.5 Å². The first-order valence-electron chi connectivity index (χ1n) is 5.29. The number of aromatic nitrogens is 4. The van der Waals surface area contributed by atoms with Crippen LogP contribution in [0.1, 0.15) is 5.82 Å². The summed E-state index contributed by atoms with van der Waals surface area (Å²) in [6.07, 6.45) is 1.80. The zero-order valence-electron chi connectivity index (χ0n) is 9.53. The molecule has 1 aromatic carbocycles. The predicted molar refractivity (Wildman–Crippen MR) is 68.0 cm³/mol. The maximum Gasteiger partial charge on any atom is 0.155 e. The molecule has 0 saturated carbocycles. The summed E-state index contributed by atoms with van der Waals surface area (Å²) in [7, 11) is 1.97. The fourth-order valence-electron chi connectivity index (χ4n) is 1.95. The van der Waals surface area contributed by atoms with Gasteiger partial charge in [-0.05, 0) is 19.1 Å². The van der Waals surface area contributed by atoms with Gasteiger partial charge in [-0.25, -0.2) is 9.97 Å². The molecule has 0 bridgehead atoms. The minimum absolute atomic E-state index is 0.498. The van der Waals surface area contributed by atoms with Gasteiger partial charge in [-0.1, -0.05) is 17.7 Å². The molecule has 0 aliphatic rings. The predicted octanol–water partition coefficient (Wildman–Crippen LogP) is 2.93. The van der Waals surface area contributed by atoms with E-state index in [2.05, 4.69) is 15.0 Å². The summed E-state index contributed by atoms with van der Waals surface area (Å²) >= 11 is 6.07. The van der Waals surface area contributed by atoms with E-state index < -0.39 is 0 Å². The Morgan fingerprint density at radius 3 is 2.88 bits per heavy atom. The number of halogens is 1. The smallest absolute Gasteiger partial charge is 0.155 e. The number of hydrogen-bond acceptors (Lipinski definition) is 2. The molecule has 5 heteroatoms. The first kappa shape index (κ1) is 10.4. The summed E-state index contributed by atoms with van der Waals surface area (Å²) in [5, 5.41) is 0.498. The Morgan fingerprint density at radius 2 is 2.18 bits per heavy atom. The molecule has 0 radical (unpaired) electrons. The van der Waals surface area contributed by atoms with Crippen molar-refractivity contribution in [1.29, 1.82) is 0 Å². The second-order valence-corrected chi connectivity index (χ2v) is 4.41. The SMILES string of the molecule is Cc1nc(Cl)c(-c2ccc3c(c2)ncn3C)[nH]1. The lowest BCUT2D eigenvalue weighted by Crippen LogP contribution is -1.84. The number of nitrogens with one attached hydrogen (secondary N) is 1. The maximum atomic E-state index is 6.07. The summed E-state index contributed by atoms with van der Waals surface area (Å²) in [5.41, 5.74) is 3.90. The van der Waals surface area contributed by atoms with Gasteiger partial charge in [-0.15, -0.1) is 0 Å². The number of imidazole rings is 2. The maximum absolute atomic E-state index is 6.07. The molecule has 3 aromatic rings. The number of benzene rings is 1. The number of aryl methyl sites for hydroxylation is 2. The van der Waals surface area contributed by atoms with Gasteiger partial charge in [0.2, 0.25) is 0 Å². The largest absolute Gasteiger partial charge is 0.341 e. The standard InChI is InChI=1S/C12H11ClN4/c1-7-15-11(12(13)16-7)8-3-4-10-9(5-8)14-6-17(10)2/h3-6H,1-2H3,(H,15,16). The lowest BCUT2D eigenvalue weighted by atomic mass is 10.1. The molecule has 86 valence electrons. The van der Waals surface area contributed by atoms with Crippen LogP contribution in [-0.2, 0) is 7.05 Å². The van der Waals surface area contributed by atoms with Crippen molar-refractivity contribution in [3.63, 3.8) is 0 Å². The molecule has 0 amide bonds. The topological polar surface area (TPSA) is 46.5 Å².